The lowest BCUT2D eigenvalue weighted by molar-refractivity contribution is -0.393. The van der Waals surface area contributed by atoms with Gasteiger partial charge in [-0.25, -0.2) is 4.98 Å². The van der Waals surface area contributed by atoms with Gasteiger partial charge in [-0.1, -0.05) is 0 Å². The van der Waals surface area contributed by atoms with Crippen LogP contribution in [0.25, 0.3) is 11.2 Å². The molecule has 9 heteroatoms. The van der Waals surface area contributed by atoms with Crippen LogP contribution in [0.3, 0.4) is 0 Å². The Morgan fingerprint density at radius 2 is 2.07 bits per heavy atom. The number of hydrogen-bond acceptors (Lipinski definition) is 6. The average Bonchev–Trinajstić information content (AvgIpc) is 2.47. The van der Waals surface area contributed by atoms with Gasteiger partial charge in [0.1, 0.15) is 0 Å². The largest absolute Gasteiger partial charge is 0.435 e. The van der Waals surface area contributed by atoms with Crippen LogP contribution in [0.5, 0.6) is 0 Å². The highest BCUT2D eigenvalue weighted by atomic mass is 16.6. The number of nitro groups is 1. The van der Waals surface area contributed by atoms with Crippen LogP contribution in [-0.2, 0) is 0 Å². The number of anilines is 1. The van der Waals surface area contributed by atoms with Crippen LogP contribution in [0.4, 0.5) is 11.9 Å². The van der Waals surface area contributed by atoms with Crippen molar-refractivity contribution in [2.24, 2.45) is 0 Å². The summed E-state index contributed by atoms with van der Waals surface area (Å²) in [5, 5.41) is 10.3. The molecule has 4 N–H and O–H groups in total. The van der Waals surface area contributed by atoms with Gasteiger partial charge in [0.15, 0.2) is 0 Å². The number of nitrogen functional groups attached to an aromatic ring is 1. The number of hydrogen-bond donors (Lipinski definition) is 3. The van der Waals surface area contributed by atoms with Crippen LogP contribution in [0.15, 0.2) is 4.79 Å². The Kier molecular flexibility index (Phi) is 1.47. The van der Waals surface area contributed by atoms with Crippen molar-refractivity contribution in [2.75, 3.05) is 5.73 Å². The predicted octanol–water partition coefficient (Wildman–Crippen LogP) is -0.863. The van der Waals surface area contributed by atoms with Gasteiger partial charge in [-0.2, -0.15) is 4.98 Å². The minimum Gasteiger partial charge on any atom is -0.390 e. The van der Waals surface area contributed by atoms with E-state index >= 15 is 0 Å². The number of nitrogens with two attached hydrogens (primary N) is 1. The number of fused-ring (bicyclic) bond motifs is 1. The number of nitrogens with one attached hydrogen (secondary N) is 2. The molecule has 0 unspecified atom stereocenters. The Morgan fingerprint density at radius 1 is 1.36 bits per heavy atom. The highest BCUT2D eigenvalue weighted by Gasteiger charge is 2.17. The molecule has 0 radical (unpaired) electrons. The summed E-state index contributed by atoms with van der Waals surface area (Å²) in [6.45, 7) is 0. The molecule has 0 saturated heterocycles. The van der Waals surface area contributed by atoms with Gasteiger partial charge in [0, 0.05) is 0 Å². The van der Waals surface area contributed by atoms with E-state index in [1.54, 1.807) is 0 Å². The number of nitrogens with zero attached hydrogens (tertiary/aromatic N) is 3. The third-order valence-corrected chi connectivity index (χ3v) is 1.54. The summed E-state index contributed by atoms with van der Waals surface area (Å²) in [6.07, 6.45) is 0. The van der Waals surface area contributed by atoms with Gasteiger partial charge in [-0.05, 0) is 9.91 Å². The van der Waals surface area contributed by atoms with Crippen molar-refractivity contribution in [3.05, 3.63) is 20.5 Å². The van der Waals surface area contributed by atoms with Gasteiger partial charge in [0.25, 0.3) is 11.2 Å². The van der Waals surface area contributed by atoms with Crippen LogP contribution in [-0.4, -0.2) is 24.9 Å². The van der Waals surface area contributed by atoms with E-state index in [9.17, 15) is 14.9 Å². The molecule has 0 spiro atoms. The van der Waals surface area contributed by atoms with Crippen molar-refractivity contribution in [3.8, 4) is 0 Å². The molecule has 72 valence electrons. The maximum absolute atomic E-state index is 11.2. The van der Waals surface area contributed by atoms with E-state index in [0.717, 1.165) is 0 Å². The van der Waals surface area contributed by atoms with Crippen molar-refractivity contribution in [1.82, 2.24) is 19.9 Å². The van der Waals surface area contributed by atoms with Gasteiger partial charge in [-0.15, -0.1) is 0 Å². The summed E-state index contributed by atoms with van der Waals surface area (Å²) >= 11 is 0. The lowest BCUT2D eigenvalue weighted by atomic mass is 10.5. The lowest BCUT2D eigenvalue weighted by Crippen LogP contribution is -2.10. The van der Waals surface area contributed by atoms with Crippen LogP contribution in [0, 0.1) is 10.1 Å². The first-order valence-electron chi connectivity index (χ1n) is 3.48. The number of H-pyrrole nitrogens is 2. The number of rotatable bonds is 1. The quantitative estimate of drug-likeness (QED) is 0.399. The molecule has 0 saturated carbocycles. The Bertz CT molecular complexity index is 568. The van der Waals surface area contributed by atoms with Crippen molar-refractivity contribution < 1.29 is 4.92 Å². The fourth-order valence-corrected chi connectivity index (χ4v) is 0.998. The average molecular weight is 196 g/mol. The van der Waals surface area contributed by atoms with E-state index in [1.165, 1.54) is 0 Å². The Balaban J connectivity index is 2.83. The monoisotopic (exact) mass is 196 g/mol. The molecule has 0 aliphatic heterocycles. The summed E-state index contributed by atoms with van der Waals surface area (Å²) < 4.78 is 0. The molecular weight excluding hydrogens is 192 g/mol. The summed E-state index contributed by atoms with van der Waals surface area (Å²) in [5.41, 5.74) is 4.49. The normalized spacial score (nSPS) is 10.6. The number of aromatic amines is 2. The molecule has 2 aromatic heterocycles. The zero-order chi connectivity index (χ0) is 10.3. The molecule has 9 nitrogen and oxygen atoms in total. The van der Waals surface area contributed by atoms with Crippen LogP contribution in [0.1, 0.15) is 0 Å². The minimum atomic E-state index is -0.753. The van der Waals surface area contributed by atoms with E-state index < -0.39 is 16.4 Å². The Hall–Kier alpha value is -2.45. The molecule has 2 heterocycles. The van der Waals surface area contributed by atoms with Crippen molar-refractivity contribution in [2.45, 2.75) is 0 Å². The zero-order valence-corrected chi connectivity index (χ0v) is 6.64. The topological polar surface area (TPSA) is 144 Å². The smallest absolute Gasteiger partial charge is 0.390 e. The summed E-state index contributed by atoms with van der Waals surface area (Å²) in [7, 11) is 0. The van der Waals surface area contributed by atoms with Gasteiger partial charge < -0.3 is 15.8 Å². The van der Waals surface area contributed by atoms with E-state index in [4.69, 9.17) is 5.73 Å². The molecule has 0 amide bonds. The third kappa shape index (κ3) is 1.07. The molecule has 0 fully saturated rings. The SMILES string of the molecule is Nc1nc2nc([N+](=O)[O-])[nH]c2c(=O)[nH]1. The highest BCUT2D eigenvalue weighted by Crippen LogP contribution is 2.09. The zero-order valence-electron chi connectivity index (χ0n) is 6.64. The predicted molar refractivity (Wildman–Crippen MR) is 45.6 cm³/mol. The van der Waals surface area contributed by atoms with Gasteiger partial charge in [-0.3, -0.25) is 9.78 Å². The molecule has 2 rings (SSSR count). The molecule has 2 aromatic rings. The van der Waals surface area contributed by atoms with E-state index in [-0.39, 0.29) is 17.1 Å². The molecule has 0 atom stereocenters. The van der Waals surface area contributed by atoms with E-state index in [1.807, 2.05) is 0 Å². The molecule has 0 bridgehead atoms. The fourth-order valence-electron chi connectivity index (χ4n) is 0.998. The van der Waals surface area contributed by atoms with E-state index in [2.05, 4.69) is 19.9 Å². The van der Waals surface area contributed by atoms with Crippen LogP contribution >= 0.6 is 0 Å². The summed E-state index contributed by atoms with van der Waals surface area (Å²) in [6, 6.07) is 0. The molecular formula is C5H4N6O3. The van der Waals surface area contributed by atoms with Crippen molar-refractivity contribution in [1.29, 1.82) is 0 Å². The second-order valence-electron chi connectivity index (χ2n) is 2.47. The Labute approximate surface area is 75.1 Å². The number of aromatic nitrogens is 4. The summed E-state index contributed by atoms with van der Waals surface area (Å²) in [5.74, 6) is -0.674. The molecule has 0 aromatic carbocycles. The number of imidazole rings is 1. The second kappa shape index (κ2) is 2.52. The first-order chi connectivity index (χ1) is 6.58. The molecule has 14 heavy (non-hydrogen) atoms. The third-order valence-electron chi connectivity index (χ3n) is 1.54. The highest BCUT2D eigenvalue weighted by molar-refractivity contribution is 5.71. The first-order valence-corrected chi connectivity index (χ1v) is 3.48. The lowest BCUT2D eigenvalue weighted by Gasteiger charge is -1.86. The van der Waals surface area contributed by atoms with Crippen molar-refractivity contribution in [3.63, 3.8) is 0 Å². The fraction of sp³-hybridized carbons (Fsp3) is 0. The Morgan fingerprint density at radius 3 is 2.71 bits per heavy atom. The molecule has 0 aliphatic rings. The summed E-state index contributed by atoms with van der Waals surface area (Å²) in [4.78, 5) is 32.2. The van der Waals surface area contributed by atoms with Gasteiger partial charge in [0.05, 0.1) is 0 Å². The van der Waals surface area contributed by atoms with Crippen molar-refractivity contribution >= 4 is 23.1 Å². The second-order valence-corrected chi connectivity index (χ2v) is 2.47. The maximum Gasteiger partial charge on any atom is 0.435 e. The van der Waals surface area contributed by atoms with Gasteiger partial charge in [0.2, 0.25) is 11.5 Å². The standard InChI is InChI=1S/C5H4N6O3/c6-4-8-2-1(3(12)10-4)7-5(9-2)11(13)14/h(H4,6,7,8,9,10,12). The molecule has 0 aliphatic carbocycles. The minimum absolute atomic E-state index is 0.0640. The van der Waals surface area contributed by atoms with Crippen LogP contribution in [0.2, 0.25) is 0 Å². The van der Waals surface area contributed by atoms with Crippen LogP contribution < -0.4 is 11.3 Å². The van der Waals surface area contributed by atoms with Gasteiger partial charge >= 0.3 is 5.95 Å². The maximum atomic E-state index is 11.2. The van der Waals surface area contributed by atoms with E-state index in [0.29, 0.717) is 0 Å². The first kappa shape index (κ1) is 8.16.